The Kier molecular flexibility index (Phi) is 11.4. The highest BCUT2D eigenvalue weighted by molar-refractivity contribution is 5.90. The van der Waals surface area contributed by atoms with E-state index in [-0.39, 0.29) is 17.9 Å². The van der Waals surface area contributed by atoms with Crippen LogP contribution in [-0.2, 0) is 29.1 Å². The number of hydrogen-bond donors (Lipinski definition) is 3. The first kappa shape index (κ1) is 27.9. The molecule has 36 heavy (non-hydrogen) atoms. The normalized spacial score (nSPS) is 15.9. The van der Waals surface area contributed by atoms with Gasteiger partial charge in [0.25, 0.3) is 0 Å². The zero-order chi connectivity index (χ0) is 25.8. The number of nitrogens with two attached hydrogens (primary N) is 1. The Morgan fingerprint density at radius 3 is 2.25 bits per heavy atom. The van der Waals surface area contributed by atoms with Crippen molar-refractivity contribution in [3.05, 3.63) is 71.3 Å². The Labute approximate surface area is 217 Å². The molecule has 0 aliphatic heterocycles. The van der Waals surface area contributed by atoms with Gasteiger partial charge in [0.05, 0.1) is 6.04 Å². The summed E-state index contributed by atoms with van der Waals surface area (Å²) in [7, 11) is 2.04. The topological polar surface area (TPSA) is 87.5 Å². The molecule has 0 radical (unpaired) electrons. The van der Waals surface area contributed by atoms with Gasteiger partial charge in [-0.05, 0) is 49.0 Å². The number of benzene rings is 2. The highest BCUT2D eigenvalue weighted by atomic mass is 16.2. The van der Waals surface area contributed by atoms with E-state index in [2.05, 4.69) is 22.5 Å². The van der Waals surface area contributed by atoms with Crippen molar-refractivity contribution in [2.45, 2.75) is 83.5 Å². The highest BCUT2D eigenvalue weighted by Gasteiger charge is 2.30. The van der Waals surface area contributed by atoms with Crippen LogP contribution in [0.5, 0.6) is 0 Å². The summed E-state index contributed by atoms with van der Waals surface area (Å²) in [5.41, 5.74) is 8.77. The maximum Gasteiger partial charge on any atom is 0.243 e. The Balaban J connectivity index is 1.71. The van der Waals surface area contributed by atoms with Crippen LogP contribution in [0.4, 0.5) is 0 Å². The third-order valence-electron chi connectivity index (χ3n) is 7.33. The minimum atomic E-state index is -0.632. The molecule has 2 atom stereocenters. The van der Waals surface area contributed by atoms with Gasteiger partial charge in [-0.15, -0.1) is 0 Å². The Bertz CT molecular complexity index is 926. The van der Waals surface area contributed by atoms with E-state index in [0.717, 1.165) is 36.1 Å². The lowest BCUT2D eigenvalue weighted by molar-refractivity contribution is -0.132. The predicted octanol–water partition coefficient (Wildman–Crippen LogP) is 4.17. The largest absolute Gasteiger partial charge is 0.350 e. The van der Waals surface area contributed by atoms with Crippen LogP contribution in [0.1, 0.15) is 68.6 Å². The lowest BCUT2D eigenvalue weighted by atomic mass is 9.84. The molecular formula is C30H44N4O2. The zero-order valence-electron chi connectivity index (χ0n) is 22.0. The lowest BCUT2D eigenvalue weighted by Crippen LogP contribution is -2.54. The predicted molar refractivity (Wildman–Crippen MR) is 146 cm³/mol. The van der Waals surface area contributed by atoms with E-state index < -0.39 is 6.04 Å². The maximum absolute atomic E-state index is 13.6. The molecule has 6 nitrogen and oxygen atoms in total. The number of amides is 2. The summed E-state index contributed by atoms with van der Waals surface area (Å²) in [6, 6.07) is 16.9. The molecule has 1 unspecified atom stereocenters. The van der Waals surface area contributed by atoms with E-state index in [1.807, 2.05) is 61.6 Å². The molecule has 0 heterocycles. The summed E-state index contributed by atoms with van der Waals surface area (Å²) in [6.45, 7) is 3.90. The zero-order valence-corrected chi connectivity index (χ0v) is 22.0. The first-order chi connectivity index (χ1) is 17.5. The van der Waals surface area contributed by atoms with Crippen molar-refractivity contribution in [1.29, 1.82) is 0 Å². The third-order valence-corrected chi connectivity index (χ3v) is 7.33. The summed E-state index contributed by atoms with van der Waals surface area (Å²) < 4.78 is 0. The summed E-state index contributed by atoms with van der Waals surface area (Å²) in [4.78, 5) is 29.1. The van der Waals surface area contributed by atoms with Gasteiger partial charge in [0.1, 0.15) is 6.04 Å². The minimum Gasteiger partial charge on any atom is -0.350 e. The maximum atomic E-state index is 13.6. The number of nitrogens with one attached hydrogen (secondary N) is 2. The van der Waals surface area contributed by atoms with Crippen molar-refractivity contribution in [3.8, 4) is 0 Å². The monoisotopic (exact) mass is 492 g/mol. The number of carbonyl (C=O) groups is 2. The number of rotatable bonds is 13. The summed E-state index contributed by atoms with van der Waals surface area (Å²) in [5, 5.41) is 6.18. The molecule has 2 aromatic rings. The van der Waals surface area contributed by atoms with Gasteiger partial charge in [0, 0.05) is 19.5 Å². The van der Waals surface area contributed by atoms with Crippen LogP contribution in [-0.4, -0.2) is 42.4 Å². The van der Waals surface area contributed by atoms with Crippen LogP contribution < -0.4 is 16.4 Å². The van der Waals surface area contributed by atoms with E-state index in [0.29, 0.717) is 25.4 Å². The second-order valence-corrected chi connectivity index (χ2v) is 10.2. The van der Waals surface area contributed by atoms with Gasteiger partial charge in [0.15, 0.2) is 0 Å². The molecular weight excluding hydrogens is 448 g/mol. The van der Waals surface area contributed by atoms with E-state index in [1.165, 1.54) is 32.1 Å². The number of nitrogens with zero attached hydrogens (tertiary/aromatic N) is 1. The van der Waals surface area contributed by atoms with Gasteiger partial charge in [-0.3, -0.25) is 14.5 Å². The van der Waals surface area contributed by atoms with E-state index in [4.69, 9.17) is 5.73 Å². The van der Waals surface area contributed by atoms with Crippen molar-refractivity contribution < 1.29 is 9.59 Å². The summed E-state index contributed by atoms with van der Waals surface area (Å²) in [5.74, 6) is 0.372. The van der Waals surface area contributed by atoms with Crippen LogP contribution in [0.2, 0.25) is 0 Å². The standard InChI is InChI=1S/C30H44N4O2/c1-3-18-34(2)28(20-24-12-8-5-9-13-24)30(36)33-27(19-23-10-6-4-7-11-23)29(35)32-22-26-16-14-25(21-31)15-17-26/h4,6-7,10-11,14-17,24,27-28H,3,5,8-9,12-13,18-22,31H2,1-2H3,(H,32,35)(H,33,36)/t27-,28?/m0/s1. The van der Waals surface area contributed by atoms with Crippen LogP contribution in [0, 0.1) is 5.92 Å². The summed E-state index contributed by atoms with van der Waals surface area (Å²) >= 11 is 0. The molecule has 196 valence electrons. The lowest BCUT2D eigenvalue weighted by Gasteiger charge is -2.32. The quantitative estimate of drug-likeness (QED) is 0.392. The average molecular weight is 493 g/mol. The molecule has 1 aliphatic carbocycles. The molecule has 0 saturated heterocycles. The van der Waals surface area contributed by atoms with E-state index >= 15 is 0 Å². The second kappa shape index (κ2) is 14.8. The van der Waals surface area contributed by atoms with Gasteiger partial charge in [-0.2, -0.15) is 0 Å². The van der Waals surface area contributed by atoms with Crippen molar-refractivity contribution in [2.75, 3.05) is 13.6 Å². The first-order valence-corrected chi connectivity index (χ1v) is 13.6. The Morgan fingerprint density at radius 2 is 1.61 bits per heavy atom. The molecule has 1 fully saturated rings. The number of likely N-dealkylation sites (N-methyl/N-ethyl adjacent to an activating group) is 1. The number of hydrogen-bond acceptors (Lipinski definition) is 4. The highest BCUT2D eigenvalue weighted by Crippen LogP contribution is 2.28. The van der Waals surface area contributed by atoms with Crippen molar-refractivity contribution in [1.82, 2.24) is 15.5 Å². The van der Waals surface area contributed by atoms with Gasteiger partial charge in [0.2, 0.25) is 11.8 Å². The SMILES string of the molecule is CCCN(C)C(CC1CCCCC1)C(=O)N[C@@H](Cc1ccccc1)C(=O)NCc1ccc(CN)cc1. The van der Waals surface area contributed by atoms with Crippen LogP contribution in [0.25, 0.3) is 0 Å². The molecule has 4 N–H and O–H groups in total. The molecule has 1 aliphatic rings. The van der Waals surface area contributed by atoms with Gasteiger partial charge >= 0.3 is 0 Å². The van der Waals surface area contributed by atoms with E-state index in [9.17, 15) is 9.59 Å². The molecule has 2 aromatic carbocycles. The van der Waals surface area contributed by atoms with Gasteiger partial charge in [-0.25, -0.2) is 0 Å². The minimum absolute atomic E-state index is 0.0418. The Hall–Kier alpha value is -2.70. The van der Waals surface area contributed by atoms with Crippen molar-refractivity contribution in [2.24, 2.45) is 11.7 Å². The fraction of sp³-hybridized carbons (Fsp3) is 0.533. The van der Waals surface area contributed by atoms with Crippen LogP contribution in [0.15, 0.2) is 54.6 Å². The third kappa shape index (κ3) is 8.75. The van der Waals surface area contributed by atoms with Crippen LogP contribution in [0.3, 0.4) is 0 Å². The van der Waals surface area contributed by atoms with Gasteiger partial charge in [-0.1, -0.05) is 93.6 Å². The molecule has 2 amide bonds. The van der Waals surface area contributed by atoms with Gasteiger partial charge < -0.3 is 16.4 Å². The van der Waals surface area contributed by atoms with Crippen molar-refractivity contribution in [3.63, 3.8) is 0 Å². The second-order valence-electron chi connectivity index (χ2n) is 10.2. The fourth-order valence-corrected chi connectivity index (χ4v) is 5.17. The molecule has 0 aromatic heterocycles. The average Bonchev–Trinajstić information content (AvgIpc) is 2.91. The Morgan fingerprint density at radius 1 is 0.944 bits per heavy atom. The molecule has 0 spiro atoms. The molecule has 1 saturated carbocycles. The molecule has 0 bridgehead atoms. The van der Waals surface area contributed by atoms with Crippen molar-refractivity contribution >= 4 is 11.8 Å². The smallest absolute Gasteiger partial charge is 0.243 e. The molecule has 6 heteroatoms. The van der Waals surface area contributed by atoms with E-state index in [1.54, 1.807) is 0 Å². The van der Waals surface area contributed by atoms with Crippen LogP contribution >= 0.6 is 0 Å². The molecule has 3 rings (SSSR count). The summed E-state index contributed by atoms with van der Waals surface area (Å²) in [6.07, 6.45) is 8.49. The number of carbonyl (C=O) groups excluding carboxylic acids is 2. The first-order valence-electron chi connectivity index (χ1n) is 13.6. The fourth-order valence-electron chi connectivity index (χ4n) is 5.17.